The number of hydrogen-bond donors (Lipinski definition) is 3. The summed E-state index contributed by atoms with van der Waals surface area (Å²) in [5.41, 5.74) is 2.85. The van der Waals surface area contributed by atoms with Crippen molar-refractivity contribution >= 4 is 63.3 Å². The van der Waals surface area contributed by atoms with Gasteiger partial charge in [0.1, 0.15) is 5.56 Å². The zero-order chi connectivity index (χ0) is 27.3. The number of anilines is 3. The van der Waals surface area contributed by atoms with Gasteiger partial charge in [0.05, 0.1) is 54.7 Å². The number of carbonyl (C=O) groups excluding carboxylic acids is 1. The third-order valence-electron chi connectivity index (χ3n) is 5.42. The summed E-state index contributed by atoms with van der Waals surface area (Å²) in [7, 11) is -4.05. The highest BCUT2D eigenvalue weighted by Crippen LogP contribution is 2.41. The molecule has 38 heavy (non-hydrogen) atoms. The maximum absolute atomic E-state index is 13.5. The van der Waals surface area contributed by atoms with Gasteiger partial charge in [-0.15, -0.1) is 0 Å². The summed E-state index contributed by atoms with van der Waals surface area (Å²) < 4.78 is 43.4. The Morgan fingerprint density at radius 2 is 1.45 bits per heavy atom. The van der Waals surface area contributed by atoms with Crippen LogP contribution in [0, 0.1) is 0 Å². The zero-order valence-electron chi connectivity index (χ0n) is 21.4. The quantitative estimate of drug-likeness (QED) is 0.162. The van der Waals surface area contributed by atoms with Crippen LogP contribution in [0.2, 0.25) is 0 Å². The van der Waals surface area contributed by atoms with Crippen LogP contribution >= 0.6 is 8.53 Å². The van der Waals surface area contributed by atoms with Gasteiger partial charge < -0.3 is 19.1 Å². The predicted molar refractivity (Wildman–Crippen MR) is 152 cm³/mol. The number of fused-ring (bicyclic) bond motifs is 2. The van der Waals surface area contributed by atoms with Crippen molar-refractivity contribution in [2.75, 3.05) is 36.6 Å². The number of nitrogens with one attached hydrogen (secondary N) is 3. The average Bonchev–Trinajstić information content (AvgIpc) is 2.88. The number of amides is 1. The number of benzene rings is 3. The van der Waals surface area contributed by atoms with Crippen molar-refractivity contribution in [1.29, 1.82) is 0 Å². The molecule has 0 aliphatic rings. The number of ether oxygens (including phenoxy) is 1. The minimum Gasteiger partial charge on any atom is -0.494 e. The number of rotatable bonds is 11. The van der Waals surface area contributed by atoms with E-state index in [1.807, 2.05) is 48.5 Å². The fraction of sp³-hybridized carbons (Fsp3) is 0.231. The van der Waals surface area contributed by atoms with Gasteiger partial charge in [-0.2, -0.15) is 0 Å². The van der Waals surface area contributed by atoms with Crippen LogP contribution in [-0.4, -0.2) is 45.9 Å². The van der Waals surface area contributed by atoms with Crippen molar-refractivity contribution in [2.24, 2.45) is 0 Å². The van der Waals surface area contributed by atoms with E-state index in [2.05, 4.69) is 15.1 Å². The van der Waals surface area contributed by atoms with Gasteiger partial charge in [0.25, 0.3) is 14.4 Å². The van der Waals surface area contributed by atoms with Crippen molar-refractivity contribution in [3.8, 4) is 5.75 Å². The number of methoxy groups -OCH3 is 1. The van der Waals surface area contributed by atoms with E-state index in [4.69, 9.17) is 18.8 Å². The zero-order valence-corrected chi connectivity index (χ0v) is 23.2. The van der Waals surface area contributed by atoms with E-state index in [-0.39, 0.29) is 17.0 Å². The number of carbonyl (C=O) groups is 1. The number of pyridine rings is 1. The molecule has 0 saturated heterocycles. The molecule has 10 nitrogen and oxygen atoms in total. The number of para-hydroxylation sites is 2. The summed E-state index contributed by atoms with van der Waals surface area (Å²) in [6.45, 7) is 4.21. The number of sulfonamides is 1. The summed E-state index contributed by atoms with van der Waals surface area (Å²) in [4.78, 5) is 18.3. The fourth-order valence-electron chi connectivity index (χ4n) is 3.99. The van der Waals surface area contributed by atoms with Crippen LogP contribution < -0.4 is 19.9 Å². The summed E-state index contributed by atoms with van der Waals surface area (Å²) in [5, 5.41) is 7.87. The summed E-state index contributed by atoms with van der Waals surface area (Å²) >= 11 is 0. The highest BCUT2D eigenvalue weighted by molar-refractivity contribution is 7.92. The predicted octanol–water partition coefficient (Wildman–Crippen LogP) is 5.54. The molecule has 0 fully saturated rings. The van der Waals surface area contributed by atoms with Gasteiger partial charge in [0.2, 0.25) is 10.0 Å². The molecule has 0 atom stereocenters. The molecule has 1 amide bonds. The van der Waals surface area contributed by atoms with E-state index in [0.29, 0.717) is 18.9 Å². The van der Waals surface area contributed by atoms with Crippen LogP contribution in [0.1, 0.15) is 24.2 Å². The molecule has 0 spiro atoms. The molecule has 0 aliphatic heterocycles. The molecule has 4 rings (SSSR count). The van der Waals surface area contributed by atoms with Crippen molar-refractivity contribution in [3.63, 3.8) is 0 Å². The van der Waals surface area contributed by atoms with Crippen LogP contribution in [0.25, 0.3) is 21.8 Å². The third-order valence-corrected chi connectivity index (χ3v) is 7.38. The Hall–Kier alpha value is -3.50. The van der Waals surface area contributed by atoms with Crippen LogP contribution in [0.15, 0.2) is 60.7 Å². The maximum atomic E-state index is 13.5. The lowest BCUT2D eigenvalue weighted by atomic mass is 10.1. The Morgan fingerprint density at radius 1 is 0.895 bits per heavy atom. The maximum Gasteiger partial charge on any atom is 0.289 e. The Bertz CT molecular complexity index is 1520. The van der Waals surface area contributed by atoms with Gasteiger partial charge in [0.15, 0.2) is 5.75 Å². The second kappa shape index (κ2) is 11.9. The molecular weight excluding hydrogens is 527 g/mol. The van der Waals surface area contributed by atoms with E-state index in [9.17, 15) is 13.2 Å². The van der Waals surface area contributed by atoms with Crippen LogP contribution in [0.3, 0.4) is 0 Å². The Morgan fingerprint density at radius 3 is 1.97 bits per heavy atom. The summed E-state index contributed by atoms with van der Waals surface area (Å²) in [6.07, 6.45) is 1.01. The Kier molecular flexibility index (Phi) is 8.63. The van der Waals surface area contributed by atoms with Crippen molar-refractivity contribution in [3.05, 3.63) is 66.2 Å². The van der Waals surface area contributed by atoms with Gasteiger partial charge in [-0.25, -0.2) is 13.4 Å². The van der Waals surface area contributed by atoms with Gasteiger partial charge in [-0.1, -0.05) is 36.4 Å². The lowest BCUT2D eigenvalue weighted by Gasteiger charge is -2.21. The number of nitrogens with zero attached hydrogens (tertiary/aromatic N) is 1. The van der Waals surface area contributed by atoms with Crippen molar-refractivity contribution in [2.45, 2.75) is 13.8 Å². The van der Waals surface area contributed by atoms with Crippen LogP contribution in [0.5, 0.6) is 5.75 Å². The van der Waals surface area contributed by atoms with Crippen LogP contribution in [0.4, 0.5) is 17.1 Å². The van der Waals surface area contributed by atoms with Gasteiger partial charge in [-0.05, 0) is 38.1 Å². The molecule has 0 saturated carbocycles. The van der Waals surface area contributed by atoms with Crippen LogP contribution in [-0.2, 0) is 19.1 Å². The second-order valence-corrected chi connectivity index (χ2v) is 11.1. The number of hydrogen-bond acceptors (Lipinski definition) is 8. The first-order chi connectivity index (χ1) is 18.3. The molecule has 0 radical (unpaired) electrons. The van der Waals surface area contributed by atoms with E-state index < -0.39 is 24.5 Å². The SMILES string of the molecule is CCOP(NC(=O)c1c(NS(C)(=O)=O)ccc(Nc2c3ccccc3nc3ccccc23)c1OC)OCC. The normalized spacial score (nSPS) is 11.6. The van der Waals surface area contributed by atoms with E-state index >= 15 is 0 Å². The standard InChI is InChI=1S/C26H29N4O6PS/c1-5-35-37(36-6-2)29-26(31)23-21(30-38(4,32)33)15-16-22(25(23)34-3)28-24-17-11-7-9-13-19(17)27-20-14-10-8-12-18(20)24/h7-16,30H,5-6H2,1-4H3,(H,27,28)(H,29,31). The molecule has 0 unspecified atom stereocenters. The molecule has 12 heteroatoms. The topological polar surface area (TPSA) is 128 Å². The molecule has 0 aliphatic carbocycles. The lowest BCUT2D eigenvalue weighted by Crippen LogP contribution is -2.24. The number of aromatic nitrogens is 1. The Labute approximate surface area is 222 Å². The summed E-state index contributed by atoms with van der Waals surface area (Å²) in [6, 6.07) is 18.6. The molecule has 3 N–H and O–H groups in total. The minimum absolute atomic E-state index is 0.0162. The molecule has 4 aromatic rings. The first-order valence-electron chi connectivity index (χ1n) is 11.9. The second-order valence-electron chi connectivity index (χ2n) is 8.12. The van der Waals surface area contributed by atoms with E-state index in [0.717, 1.165) is 33.7 Å². The lowest BCUT2D eigenvalue weighted by molar-refractivity contribution is 0.0968. The molecule has 1 heterocycles. The van der Waals surface area contributed by atoms with Gasteiger partial charge in [-0.3, -0.25) is 14.6 Å². The van der Waals surface area contributed by atoms with Crippen molar-refractivity contribution < 1.29 is 27.0 Å². The minimum atomic E-state index is -3.71. The van der Waals surface area contributed by atoms with Gasteiger partial charge in [0, 0.05) is 10.8 Å². The first kappa shape index (κ1) is 27.5. The average molecular weight is 557 g/mol. The van der Waals surface area contributed by atoms with E-state index in [1.165, 1.54) is 13.2 Å². The Balaban J connectivity index is 1.87. The molecule has 200 valence electrons. The highest BCUT2D eigenvalue weighted by Gasteiger charge is 2.26. The molecule has 3 aromatic carbocycles. The molecular formula is C26H29N4O6PS. The summed E-state index contributed by atoms with van der Waals surface area (Å²) in [5.74, 6) is -0.474. The van der Waals surface area contributed by atoms with Crippen molar-refractivity contribution in [1.82, 2.24) is 10.1 Å². The fourth-order valence-corrected chi connectivity index (χ4v) is 5.51. The highest BCUT2D eigenvalue weighted by atomic mass is 32.2. The largest absolute Gasteiger partial charge is 0.494 e. The van der Waals surface area contributed by atoms with Gasteiger partial charge >= 0.3 is 0 Å². The third kappa shape index (κ3) is 6.14. The molecule has 0 bridgehead atoms. The smallest absolute Gasteiger partial charge is 0.289 e. The monoisotopic (exact) mass is 556 g/mol. The molecule has 1 aromatic heterocycles. The van der Waals surface area contributed by atoms with E-state index in [1.54, 1.807) is 19.9 Å². The first-order valence-corrected chi connectivity index (χ1v) is 14.9.